The van der Waals surface area contributed by atoms with Crippen molar-refractivity contribution >= 4 is 17.4 Å². The van der Waals surface area contributed by atoms with E-state index in [-0.39, 0.29) is 6.04 Å². The molecule has 2 N–H and O–H groups in total. The fourth-order valence-corrected chi connectivity index (χ4v) is 6.45. The first-order valence-corrected chi connectivity index (χ1v) is 10.8. The number of nitriles is 1. The molecule has 1 aromatic rings. The van der Waals surface area contributed by atoms with Crippen LogP contribution in [-0.4, -0.2) is 28.2 Å². The van der Waals surface area contributed by atoms with Gasteiger partial charge in [0.05, 0.1) is 11.6 Å². The fraction of sp³-hybridized carbons (Fsp3) is 0.636. The van der Waals surface area contributed by atoms with Crippen LogP contribution >= 0.6 is 11.6 Å². The molecule has 0 aromatic heterocycles. The molecule has 5 nitrogen and oxygen atoms in total. The summed E-state index contributed by atoms with van der Waals surface area (Å²) in [6.45, 7) is 0. The van der Waals surface area contributed by atoms with Crippen molar-refractivity contribution in [3.63, 3.8) is 0 Å². The molecule has 0 amide bonds. The molecular weight excluding hydrogens is 374 g/mol. The number of rotatable bonds is 4. The number of benzene rings is 1. The fourth-order valence-electron chi connectivity index (χ4n) is 6.27. The Bertz CT molecular complexity index is 828. The minimum atomic E-state index is -0.577. The van der Waals surface area contributed by atoms with E-state index in [2.05, 4.69) is 11.5 Å². The molecule has 0 heterocycles. The summed E-state index contributed by atoms with van der Waals surface area (Å²) < 4.78 is 6.37. The van der Waals surface area contributed by atoms with Gasteiger partial charge >= 0.3 is 0 Å². The smallest absolute Gasteiger partial charge is 0.182 e. The Balaban J connectivity index is 1.44. The molecule has 5 aliphatic rings. The highest BCUT2D eigenvalue weighted by Gasteiger charge is 2.55. The summed E-state index contributed by atoms with van der Waals surface area (Å²) >= 11 is 6.12. The van der Waals surface area contributed by atoms with Crippen molar-refractivity contribution in [2.75, 3.05) is 0 Å². The van der Waals surface area contributed by atoms with Crippen LogP contribution in [0.2, 0.25) is 5.02 Å². The third-order valence-electron chi connectivity index (χ3n) is 7.35. The van der Waals surface area contributed by atoms with Gasteiger partial charge in [0.25, 0.3) is 0 Å². The maximum atomic E-state index is 10.8. The van der Waals surface area contributed by atoms with Gasteiger partial charge in [-0.15, -0.1) is 0 Å². The molecular formula is C22H26ClN3O2. The number of halogens is 1. The number of nitrogens with one attached hydrogen (secondary N) is 1. The summed E-state index contributed by atoms with van der Waals surface area (Å²) in [6.07, 6.45) is 9.74. The van der Waals surface area contributed by atoms with Gasteiger partial charge in [0.1, 0.15) is 5.75 Å². The number of hydrogen-bond donors (Lipinski definition) is 2. The van der Waals surface area contributed by atoms with Crippen LogP contribution in [0.15, 0.2) is 29.3 Å². The van der Waals surface area contributed by atoms with Crippen LogP contribution in [-0.2, 0) is 0 Å². The molecule has 5 saturated carbocycles. The zero-order chi connectivity index (χ0) is 19.4. The summed E-state index contributed by atoms with van der Waals surface area (Å²) in [5, 5.41) is 23.7. The van der Waals surface area contributed by atoms with Crippen LogP contribution in [0, 0.1) is 29.2 Å². The first-order chi connectivity index (χ1) is 13.5. The highest BCUT2D eigenvalue weighted by atomic mass is 35.5. The second-order valence-electron chi connectivity index (χ2n) is 9.31. The number of aliphatic imine (C=N–C) groups is 1. The number of hydrogen-bond acceptors (Lipinski definition) is 4. The van der Waals surface area contributed by atoms with Gasteiger partial charge in [-0.1, -0.05) is 17.7 Å². The minimum absolute atomic E-state index is 0.174. The summed E-state index contributed by atoms with van der Waals surface area (Å²) in [4.78, 5) is 5.12. The standard InChI is InChI=1S/C22H26ClN3O2/c23-17-3-1-4-18(9-17)28-22(5-2-6-22)20(25-13-24)26-19-15-7-14-8-16(19)12-21(27,10-14)11-15/h1,3-4,9,14-16,19,27H,2,5-8,10-12H2,(H,25,26). The summed E-state index contributed by atoms with van der Waals surface area (Å²) in [5.74, 6) is 2.83. The summed E-state index contributed by atoms with van der Waals surface area (Å²) in [6, 6.07) is 7.58. The van der Waals surface area contributed by atoms with Crippen molar-refractivity contribution in [2.24, 2.45) is 22.7 Å². The second kappa shape index (κ2) is 6.64. The average molecular weight is 400 g/mol. The maximum absolute atomic E-state index is 10.8. The van der Waals surface area contributed by atoms with Crippen LogP contribution in [0.25, 0.3) is 0 Å². The Morgan fingerprint density at radius 2 is 2.00 bits per heavy atom. The Hall–Kier alpha value is -1.77. The van der Waals surface area contributed by atoms with Crippen molar-refractivity contribution in [3.8, 4) is 11.9 Å². The zero-order valence-electron chi connectivity index (χ0n) is 15.9. The molecule has 28 heavy (non-hydrogen) atoms. The highest BCUT2D eigenvalue weighted by molar-refractivity contribution is 6.30. The molecule has 5 fully saturated rings. The Labute approximate surface area is 170 Å². The summed E-state index contributed by atoms with van der Waals surface area (Å²) in [7, 11) is 0. The zero-order valence-corrected chi connectivity index (χ0v) is 16.7. The molecule has 0 saturated heterocycles. The van der Waals surface area contributed by atoms with Gasteiger partial charge in [0.15, 0.2) is 17.6 Å². The number of nitrogens with zero attached hydrogens (tertiary/aromatic N) is 2. The van der Waals surface area contributed by atoms with E-state index in [0.717, 1.165) is 51.4 Å². The molecule has 2 atom stereocenters. The molecule has 0 aliphatic heterocycles. The van der Waals surface area contributed by atoms with Gasteiger partial charge in [0.2, 0.25) is 0 Å². The van der Waals surface area contributed by atoms with Gasteiger partial charge in [0, 0.05) is 5.02 Å². The molecule has 0 spiro atoms. The molecule has 148 valence electrons. The Kier molecular flexibility index (Phi) is 4.33. The third-order valence-corrected chi connectivity index (χ3v) is 7.58. The number of amidine groups is 1. The average Bonchev–Trinajstić information content (AvgIpc) is 2.59. The Morgan fingerprint density at radius 3 is 2.57 bits per heavy atom. The molecule has 0 radical (unpaired) electrons. The van der Waals surface area contributed by atoms with E-state index < -0.39 is 11.2 Å². The normalized spacial score (nSPS) is 37.8. The predicted molar refractivity (Wildman–Crippen MR) is 107 cm³/mol. The van der Waals surface area contributed by atoms with Crippen molar-refractivity contribution in [2.45, 2.75) is 68.6 Å². The van der Waals surface area contributed by atoms with E-state index in [1.54, 1.807) is 0 Å². The third kappa shape index (κ3) is 3.07. The SMILES string of the molecule is N#CN/C(=N/C1C2CC3CC1CC(O)(C3)C2)C1(Oc2cccc(Cl)c2)CCC1. The van der Waals surface area contributed by atoms with Crippen molar-refractivity contribution < 1.29 is 9.84 Å². The molecule has 6 rings (SSSR count). The van der Waals surface area contributed by atoms with Crippen LogP contribution in [0.3, 0.4) is 0 Å². The highest BCUT2D eigenvalue weighted by Crippen LogP contribution is 2.56. The van der Waals surface area contributed by atoms with E-state index in [1.165, 1.54) is 0 Å². The molecule has 2 unspecified atom stereocenters. The largest absolute Gasteiger partial charge is 0.479 e. The van der Waals surface area contributed by atoms with Crippen molar-refractivity contribution in [1.82, 2.24) is 5.32 Å². The first kappa shape index (κ1) is 18.3. The van der Waals surface area contributed by atoms with Crippen LogP contribution in [0.4, 0.5) is 0 Å². The minimum Gasteiger partial charge on any atom is -0.479 e. The van der Waals surface area contributed by atoms with Crippen molar-refractivity contribution in [3.05, 3.63) is 29.3 Å². The molecule has 6 heteroatoms. The Morgan fingerprint density at radius 1 is 1.25 bits per heavy atom. The van der Waals surface area contributed by atoms with E-state index in [9.17, 15) is 10.4 Å². The second-order valence-corrected chi connectivity index (χ2v) is 9.74. The van der Waals surface area contributed by atoms with Gasteiger partial charge < -0.3 is 9.84 Å². The monoisotopic (exact) mass is 399 g/mol. The molecule has 4 bridgehead atoms. The van der Waals surface area contributed by atoms with Crippen LogP contribution < -0.4 is 10.1 Å². The predicted octanol–water partition coefficient (Wildman–Crippen LogP) is 4.05. The van der Waals surface area contributed by atoms with E-state index in [1.807, 2.05) is 24.3 Å². The van der Waals surface area contributed by atoms with E-state index in [4.69, 9.17) is 21.3 Å². The lowest BCUT2D eigenvalue weighted by Gasteiger charge is -2.57. The van der Waals surface area contributed by atoms with Crippen LogP contribution in [0.5, 0.6) is 5.75 Å². The topological polar surface area (TPSA) is 77.6 Å². The van der Waals surface area contributed by atoms with Crippen molar-refractivity contribution in [1.29, 1.82) is 5.26 Å². The number of ether oxygens (including phenoxy) is 1. The lowest BCUT2D eigenvalue weighted by Crippen LogP contribution is -2.59. The van der Waals surface area contributed by atoms with Crippen LogP contribution in [0.1, 0.15) is 51.4 Å². The van der Waals surface area contributed by atoms with Gasteiger partial charge in [-0.3, -0.25) is 10.3 Å². The quantitative estimate of drug-likeness (QED) is 0.346. The summed E-state index contributed by atoms with van der Waals surface area (Å²) in [5.41, 5.74) is -1.05. The van der Waals surface area contributed by atoms with E-state index in [0.29, 0.717) is 34.4 Å². The van der Waals surface area contributed by atoms with E-state index >= 15 is 0 Å². The maximum Gasteiger partial charge on any atom is 0.182 e. The lowest BCUT2D eigenvalue weighted by molar-refractivity contribution is -0.132. The van der Waals surface area contributed by atoms with Gasteiger partial charge in [-0.05, 0) is 87.3 Å². The number of aliphatic hydroxyl groups is 1. The van der Waals surface area contributed by atoms with Gasteiger partial charge in [-0.25, -0.2) is 0 Å². The lowest BCUT2D eigenvalue weighted by atomic mass is 9.52. The van der Waals surface area contributed by atoms with Gasteiger partial charge in [-0.2, -0.15) is 5.26 Å². The molecule has 1 aromatic carbocycles. The molecule has 5 aliphatic carbocycles. The first-order valence-electron chi connectivity index (χ1n) is 10.4.